The SMILES string of the molecule is Cc1nc(-c2ccc(F)cc2)sc1C(=O)NC(C)(C)c1noc(C(C)(C)C)n1. The average Bonchev–Trinajstić information content (AvgIpc) is 3.22. The molecule has 28 heavy (non-hydrogen) atoms. The summed E-state index contributed by atoms with van der Waals surface area (Å²) in [6, 6.07) is 6.04. The molecule has 1 amide bonds. The van der Waals surface area contributed by atoms with Crippen LogP contribution in [-0.4, -0.2) is 21.0 Å². The van der Waals surface area contributed by atoms with Crippen LogP contribution in [0.3, 0.4) is 0 Å². The van der Waals surface area contributed by atoms with Gasteiger partial charge in [0.2, 0.25) is 5.89 Å². The summed E-state index contributed by atoms with van der Waals surface area (Å²) in [5.41, 5.74) is 0.280. The van der Waals surface area contributed by atoms with Crippen LogP contribution in [0.15, 0.2) is 28.8 Å². The maximum absolute atomic E-state index is 13.1. The Morgan fingerprint density at radius 1 is 1.11 bits per heavy atom. The van der Waals surface area contributed by atoms with Crippen molar-refractivity contribution in [3.63, 3.8) is 0 Å². The lowest BCUT2D eigenvalue weighted by atomic mass is 9.97. The molecule has 1 N–H and O–H groups in total. The van der Waals surface area contributed by atoms with Gasteiger partial charge < -0.3 is 9.84 Å². The number of rotatable bonds is 4. The van der Waals surface area contributed by atoms with Gasteiger partial charge in [-0.05, 0) is 45.0 Å². The molecule has 0 spiro atoms. The first-order chi connectivity index (χ1) is 13.0. The topological polar surface area (TPSA) is 80.9 Å². The smallest absolute Gasteiger partial charge is 0.264 e. The number of hydrogen-bond acceptors (Lipinski definition) is 6. The average molecular weight is 402 g/mol. The van der Waals surface area contributed by atoms with E-state index in [1.165, 1.54) is 23.5 Å². The predicted octanol–water partition coefficient (Wildman–Crippen LogP) is 4.60. The third-order valence-electron chi connectivity index (χ3n) is 4.15. The van der Waals surface area contributed by atoms with E-state index >= 15 is 0 Å². The molecule has 0 aliphatic heterocycles. The molecule has 8 heteroatoms. The van der Waals surface area contributed by atoms with Crippen LogP contribution in [0.1, 0.15) is 61.7 Å². The molecule has 0 radical (unpaired) electrons. The van der Waals surface area contributed by atoms with Gasteiger partial charge in [0.05, 0.1) is 11.2 Å². The van der Waals surface area contributed by atoms with Gasteiger partial charge in [-0.25, -0.2) is 9.37 Å². The number of aromatic nitrogens is 3. The Hall–Kier alpha value is -2.61. The van der Waals surface area contributed by atoms with Gasteiger partial charge in [-0.15, -0.1) is 11.3 Å². The highest BCUT2D eigenvalue weighted by Crippen LogP contribution is 2.29. The largest absolute Gasteiger partial charge is 0.339 e. The number of amides is 1. The van der Waals surface area contributed by atoms with E-state index in [1.54, 1.807) is 19.1 Å². The van der Waals surface area contributed by atoms with Crippen molar-refractivity contribution in [2.24, 2.45) is 0 Å². The molecule has 0 bridgehead atoms. The third kappa shape index (κ3) is 4.11. The standard InChI is InChI=1S/C20H23FN4O2S/c1-11-14(28-16(22-11)12-7-9-13(21)10-8-12)15(26)24-20(5,6)17-23-18(27-25-17)19(2,3)4/h7-10H,1-6H3,(H,24,26). The highest BCUT2D eigenvalue weighted by Gasteiger charge is 2.32. The summed E-state index contributed by atoms with van der Waals surface area (Å²) in [5.74, 6) is 0.339. The molecule has 0 atom stereocenters. The molecule has 0 unspecified atom stereocenters. The molecule has 0 saturated heterocycles. The molecule has 3 rings (SSSR count). The number of benzene rings is 1. The summed E-state index contributed by atoms with van der Waals surface area (Å²) in [7, 11) is 0. The van der Waals surface area contributed by atoms with Crippen LogP contribution in [0.25, 0.3) is 10.6 Å². The number of aryl methyl sites for hydroxylation is 1. The molecule has 3 aromatic rings. The van der Waals surface area contributed by atoms with Crippen molar-refractivity contribution in [3.8, 4) is 10.6 Å². The lowest BCUT2D eigenvalue weighted by Crippen LogP contribution is -2.41. The van der Waals surface area contributed by atoms with Crippen molar-refractivity contribution in [2.45, 2.75) is 52.5 Å². The van der Waals surface area contributed by atoms with E-state index in [4.69, 9.17) is 4.52 Å². The van der Waals surface area contributed by atoms with Gasteiger partial charge in [0.1, 0.15) is 15.7 Å². The fourth-order valence-electron chi connectivity index (χ4n) is 2.50. The van der Waals surface area contributed by atoms with Crippen molar-refractivity contribution >= 4 is 17.2 Å². The number of hydrogen-bond donors (Lipinski definition) is 1. The molecule has 0 fully saturated rings. The molecule has 0 aliphatic rings. The molecule has 1 aromatic carbocycles. The second-order valence-corrected chi connectivity index (χ2v) is 9.19. The van der Waals surface area contributed by atoms with Crippen LogP contribution in [0.5, 0.6) is 0 Å². The fourth-order valence-corrected chi connectivity index (χ4v) is 3.47. The number of carbonyl (C=O) groups excluding carboxylic acids is 1. The minimum Gasteiger partial charge on any atom is -0.339 e. The summed E-state index contributed by atoms with van der Waals surface area (Å²) in [6.45, 7) is 11.4. The summed E-state index contributed by atoms with van der Waals surface area (Å²) in [5, 5.41) is 7.65. The Morgan fingerprint density at radius 2 is 1.75 bits per heavy atom. The minimum atomic E-state index is -0.823. The zero-order chi connectivity index (χ0) is 20.7. The van der Waals surface area contributed by atoms with E-state index in [2.05, 4.69) is 20.4 Å². The zero-order valence-electron chi connectivity index (χ0n) is 16.8. The molecule has 2 heterocycles. The quantitative estimate of drug-likeness (QED) is 0.690. The lowest BCUT2D eigenvalue weighted by Gasteiger charge is -2.22. The Balaban J connectivity index is 1.82. The second-order valence-electron chi connectivity index (χ2n) is 8.19. The van der Waals surface area contributed by atoms with Crippen molar-refractivity contribution < 1.29 is 13.7 Å². The van der Waals surface area contributed by atoms with Gasteiger partial charge in [-0.1, -0.05) is 25.9 Å². The lowest BCUT2D eigenvalue weighted by molar-refractivity contribution is 0.0911. The van der Waals surface area contributed by atoms with Gasteiger partial charge in [-0.3, -0.25) is 4.79 Å². The normalized spacial score (nSPS) is 12.2. The van der Waals surface area contributed by atoms with Crippen molar-refractivity contribution in [1.29, 1.82) is 0 Å². The van der Waals surface area contributed by atoms with Crippen LogP contribution in [0.4, 0.5) is 4.39 Å². The van der Waals surface area contributed by atoms with Crippen LogP contribution in [-0.2, 0) is 11.0 Å². The Morgan fingerprint density at radius 3 is 2.32 bits per heavy atom. The van der Waals surface area contributed by atoms with Crippen LogP contribution >= 0.6 is 11.3 Å². The van der Waals surface area contributed by atoms with E-state index in [0.29, 0.717) is 27.3 Å². The molecular weight excluding hydrogens is 379 g/mol. The van der Waals surface area contributed by atoms with Crippen LogP contribution in [0.2, 0.25) is 0 Å². The minimum absolute atomic E-state index is 0.268. The number of nitrogens with zero attached hydrogens (tertiary/aromatic N) is 3. The van der Waals surface area contributed by atoms with Gasteiger partial charge in [0.25, 0.3) is 5.91 Å². The van der Waals surface area contributed by atoms with E-state index in [1.807, 2.05) is 34.6 Å². The first-order valence-electron chi connectivity index (χ1n) is 8.88. The Kier molecular flexibility index (Phi) is 5.10. The summed E-state index contributed by atoms with van der Waals surface area (Å²) in [6.07, 6.45) is 0. The Bertz CT molecular complexity index is 1000. The highest BCUT2D eigenvalue weighted by molar-refractivity contribution is 7.17. The first-order valence-corrected chi connectivity index (χ1v) is 9.69. The van der Waals surface area contributed by atoms with Gasteiger partial charge in [0, 0.05) is 11.0 Å². The van der Waals surface area contributed by atoms with Crippen molar-refractivity contribution in [3.05, 3.63) is 52.4 Å². The molecule has 148 valence electrons. The number of halogens is 1. The number of carbonyl (C=O) groups is 1. The van der Waals surface area contributed by atoms with E-state index < -0.39 is 5.54 Å². The molecule has 0 aliphatic carbocycles. The third-order valence-corrected chi connectivity index (χ3v) is 5.35. The monoisotopic (exact) mass is 402 g/mol. The maximum atomic E-state index is 13.1. The highest BCUT2D eigenvalue weighted by atomic mass is 32.1. The molecular formula is C20H23FN4O2S. The van der Waals surface area contributed by atoms with Crippen LogP contribution in [0, 0.1) is 12.7 Å². The van der Waals surface area contributed by atoms with Crippen LogP contribution < -0.4 is 5.32 Å². The van der Waals surface area contributed by atoms with Gasteiger partial charge in [-0.2, -0.15) is 4.98 Å². The summed E-state index contributed by atoms with van der Waals surface area (Å²) < 4.78 is 18.5. The maximum Gasteiger partial charge on any atom is 0.264 e. The second kappa shape index (κ2) is 7.09. The Labute approximate surface area is 167 Å². The zero-order valence-corrected chi connectivity index (χ0v) is 17.6. The summed E-state index contributed by atoms with van der Waals surface area (Å²) >= 11 is 1.26. The molecule has 0 saturated carbocycles. The number of nitrogens with one attached hydrogen (secondary N) is 1. The number of thiazole rings is 1. The molecule has 2 aromatic heterocycles. The summed E-state index contributed by atoms with van der Waals surface area (Å²) in [4.78, 5) is 22.3. The van der Waals surface area contributed by atoms with Gasteiger partial charge >= 0.3 is 0 Å². The van der Waals surface area contributed by atoms with Gasteiger partial charge in [0.15, 0.2) is 5.82 Å². The van der Waals surface area contributed by atoms with Crippen molar-refractivity contribution in [1.82, 2.24) is 20.4 Å². The van der Waals surface area contributed by atoms with E-state index in [9.17, 15) is 9.18 Å². The fraction of sp³-hybridized carbons (Fsp3) is 0.400. The first kappa shape index (κ1) is 20.1. The van der Waals surface area contributed by atoms with E-state index in [0.717, 1.165) is 5.56 Å². The van der Waals surface area contributed by atoms with E-state index in [-0.39, 0.29) is 17.1 Å². The van der Waals surface area contributed by atoms with Crippen molar-refractivity contribution in [2.75, 3.05) is 0 Å². The molecule has 6 nitrogen and oxygen atoms in total. The predicted molar refractivity (Wildman–Crippen MR) is 106 cm³/mol.